The first-order chi connectivity index (χ1) is 9.35. The van der Waals surface area contributed by atoms with Crippen LogP contribution < -0.4 is 10.6 Å². The third-order valence-electron chi connectivity index (χ3n) is 2.60. The van der Waals surface area contributed by atoms with Crippen LogP contribution in [0, 0.1) is 0 Å². The van der Waals surface area contributed by atoms with Gasteiger partial charge in [0, 0.05) is 26.7 Å². The Hall–Kier alpha value is -0.810. The lowest BCUT2D eigenvalue weighted by molar-refractivity contribution is 0.0733. The number of hydrogen-bond acceptors (Lipinski definition) is 3. The maximum absolute atomic E-state index is 5.39. The molecule has 0 fully saturated rings. The van der Waals surface area contributed by atoms with Crippen LogP contribution in [0.1, 0.15) is 39.5 Å². The van der Waals surface area contributed by atoms with E-state index in [1.807, 2.05) is 0 Å². The van der Waals surface area contributed by atoms with E-state index in [-0.39, 0.29) is 0 Å². The van der Waals surface area contributed by atoms with Crippen molar-refractivity contribution in [1.29, 1.82) is 0 Å². The van der Waals surface area contributed by atoms with Crippen molar-refractivity contribution in [3.8, 4) is 0 Å². The highest BCUT2D eigenvalue weighted by molar-refractivity contribution is 5.79. The van der Waals surface area contributed by atoms with Gasteiger partial charge >= 0.3 is 0 Å². The van der Waals surface area contributed by atoms with Crippen LogP contribution in [-0.2, 0) is 9.47 Å². The summed E-state index contributed by atoms with van der Waals surface area (Å²) in [7, 11) is 1.68. The highest BCUT2D eigenvalue weighted by atomic mass is 16.5. The Balaban J connectivity index is 3.62. The number of ether oxygens (including phenoxy) is 2. The van der Waals surface area contributed by atoms with Crippen molar-refractivity contribution in [3.05, 3.63) is 0 Å². The molecule has 0 amide bonds. The summed E-state index contributed by atoms with van der Waals surface area (Å²) in [5, 5.41) is 6.50. The van der Waals surface area contributed by atoms with Gasteiger partial charge in [-0.1, -0.05) is 26.2 Å². The summed E-state index contributed by atoms with van der Waals surface area (Å²) in [6, 6.07) is 0. The summed E-state index contributed by atoms with van der Waals surface area (Å²) in [5.74, 6) is 0.884. The van der Waals surface area contributed by atoms with E-state index in [0.29, 0.717) is 19.8 Å². The van der Waals surface area contributed by atoms with Gasteiger partial charge in [-0.05, 0) is 13.3 Å². The lowest BCUT2D eigenvalue weighted by Gasteiger charge is -2.11. The predicted octanol–water partition coefficient (Wildman–Crippen LogP) is 1.78. The number of rotatable bonds is 12. The first-order valence-corrected chi connectivity index (χ1v) is 7.44. The minimum atomic E-state index is 0.642. The van der Waals surface area contributed by atoms with Crippen molar-refractivity contribution in [1.82, 2.24) is 10.6 Å². The molecule has 0 atom stereocenters. The molecule has 0 aromatic carbocycles. The van der Waals surface area contributed by atoms with Gasteiger partial charge in [-0.3, -0.25) is 4.99 Å². The van der Waals surface area contributed by atoms with E-state index in [1.54, 1.807) is 7.11 Å². The third-order valence-corrected chi connectivity index (χ3v) is 2.60. The fraction of sp³-hybridized carbons (Fsp3) is 0.929. The molecule has 2 N–H and O–H groups in total. The van der Waals surface area contributed by atoms with Crippen molar-refractivity contribution in [2.75, 3.05) is 46.6 Å². The van der Waals surface area contributed by atoms with Gasteiger partial charge < -0.3 is 20.1 Å². The zero-order valence-corrected chi connectivity index (χ0v) is 12.8. The SMILES string of the molecule is CCCCCCN=C(NCC)NCCOCCOC. The van der Waals surface area contributed by atoms with Crippen molar-refractivity contribution in [2.24, 2.45) is 4.99 Å². The minimum Gasteiger partial charge on any atom is -0.382 e. The van der Waals surface area contributed by atoms with Gasteiger partial charge in [0.05, 0.1) is 19.8 Å². The van der Waals surface area contributed by atoms with Gasteiger partial charge in [0.1, 0.15) is 0 Å². The Kier molecular flexibility index (Phi) is 14.6. The maximum atomic E-state index is 5.39. The molecule has 0 aliphatic heterocycles. The molecule has 5 nitrogen and oxygen atoms in total. The van der Waals surface area contributed by atoms with Crippen LogP contribution in [-0.4, -0.2) is 52.5 Å². The molecule has 114 valence electrons. The number of nitrogens with zero attached hydrogens (tertiary/aromatic N) is 1. The van der Waals surface area contributed by atoms with E-state index in [4.69, 9.17) is 9.47 Å². The normalized spacial score (nSPS) is 11.6. The zero-order chi connectivity index (χ0) is 14.2. The van der Waals surface area contributed by atoms with Gasteiger partial charge in [-0.2, -0.15) is 0 Å². The minimum absolute atomic E-state index is 0.642. The Morgan fingerprint density at radius 1 is 1.00 bits per heavy atom. The van der Waals surface area contributed by atoms with Gasteiger partial charge in [-0.15, -0.1) is 0 Å². The predicted molar refractivity (Wildman–Crippen MR) is 80.8 cm³/mol. The molecule has 0 bridgehead atoms. The lowest BCUT2D eigenvalue weighted by atomic mass is 10.2. The molecule has 19 heavy (non-hydrogen) atoms. The quantitative estimate of drug-likeness (QED) is 0.323. The standard InChI is InChI=1S/C14H31N3O2/c1-4-6-7-8-9-16-14(15-5-2)17-10-11-19-13-12-18-3/h4-13H2,1-3H3,(H2,15,16,17). The van der Waals surface area contributed by atoms with Crippen LogP contribution in [0.4, 0.5) is 0 Å². The average Bonchev–Trinajstić information content (AvgIpc) is 2.42. The zero-order valence-electron chi connectivity index (χ0n) is 12.8. The van der Waals surface area contributed by atoms with E-state index < -0.39 is 0 Å². The van der Waals surface area contributed by atoms with Crippen molar-refractivity contribution in [3.63, 3.8) is 0 Å². The number of unbranched alkanes of at least 4 members (excludes halogenated alkanes) is 3. The Morgan fingerprint density at radius 2 is 1.84 bits per heavy atom. The third kappa shape index (κ3) is 13.4. The molecule has 0 rings (SSSR count). The molecule has 0 aliphatic carbocycles. The monoisotopic (exact) mass is 273 g/mol. The average molecular weight is 273 g/mol. The summed E-state index contributed by atoms with van der Waals surface area (Å²) in [4.78, 5) is 4.53. The van der Waals surface area contributed by atoms with Crippen LogP contribution in [0.2, 0.25) is 0 Å². The van der Waals surface area contributed by atoms with Crippen LogP contribution >= 0.6 is 0 Å². The van der Waals surface area contributed by atoms with Crippen molar-refractivity contribution in [2.45, 2.75) is 39.5 Å². The van der Waals surface area contributed by atoms with Crippen LogP contribution in [0.5, 0.6) is 0 Å². The van der Waals surface area contributed by atoms with E-state index in [2.05, 4.69) is 29.5 Å². The van der Waals surface area contributed by atoms with Crippen LogP contribution in [0.3, 0.4) is 0 Å². The molecule has 5 heteroatoms. The number of methoxy groups -OCH3 is 1. The summed E-state index contributed by atoms with van der Waals surface area (Å²) in [6.45, 7) is 8.79. The van der Waals surface area contributed by atoms with Gasteiger partial charge in [0.2, 0.25) is 0 Å². The second kappa shape index (κ2) is 15.2. The van der Waals surface area contributed by atoms with Gasteiger partial charge in [0.25, 0.3) is 0 Å². The summed E-state index contributed by atoms with van der Waals surface area (Å²) in [5.41, 5.74) is 0. The Labute approximate surface area is 118 Å². The smallest absolute Gasteiger partial charge is 0.191 e. The molecule has 0 aromatic rings. The largest absolute Gasteiger partial charge is 0.382 e. The molecular weight excluding hydrogens is 242 g/mol. The Bertz CT molecular complexity index is 211. The van der Waals surface area contributed by atoms with Crippen molar-refractivity contribution >= 4 is 5.96 Å². The number of hydrogen-bond donors (Lipinski definition) is 2. The molecule has 0 spiro atoms. The van der Waals surface area contributed by atoms with E-state index in [1.165, 1.54) is 19.3 Å². The first-order valence-electron chi connectivity index (χ1n) is 7.44. The maximum Gasteiger partial charge on any atom is 0.191 e. The summed E-state index contributed by atoms with van der Waals surface area (Å²) < 4.78 is 10.3. The molecule has 0 heterocycles. The fourth-order valence-corrected chi connectivity index (χ4v) is 1.56. The molecule has 0 aliphatic rings. The molecule has 0 unspecified atom stereocenters. The van der Waals surface area contributed by atoms with Crippen LogP contribution in [0.15, 0.2) is 4.99 Å². The second-order valence-electron chi connectivity index (χ2n) is 4.35. The number of nitrogens with one attached hydrogen (secondary N) is 2. The Morgan fingerprint density at radius 3 is 2.53 bits per heavy atom. The molecule has 0 saturated heterocycles. The summed E-state index contributed by atoms with van der Waals surface area (Å²) >= 11 is 0. The van der Waals surface area contributed by atoms with E-state index in [0.717, 1.165) is 32.0 Å². The molecular formula is C14H31N3O2. The van der Waals surface area contributed by atoms with Gasteiger partial charge in [-0.25, -0.2) is 0 Å². The first kappa shape index (κ1) is 18.2. The second-order valence-corrected chi connectivity index (χ2v) is 4.35. The van der Waals surface area contributed by atoms with Crippen molar-refractivity contribution < 1.29 is 9.47 Å². The highest BCUT2D eigenvalue weighted by Crippen LogP contribution is 1.98. The number of guanidine groups is 1. The fourth-order valence-electron chi connectivity index (χ4n) is 1.56. The number of aliphatic imine (C=N–C) groups is 1. The summed E-state index contributed by atoms with van der Waals surface area (Å²) in [6.07, 6.45) is 4.99. The van der Waals surface area contributed by atoms with E-state index in [9.17, 15) is 0 Å². The topological polar surface area (TPSA) is 54.9 Å². The molecule has 0 aromatic heterocycles. The van der Waals surface area contributed by atoms with Gasteiger partial charge in [0.15, 0.2) is 5.96 Å². The van der Waals surface area contributed by atoms with E-state index >= 15 is 0 Å². The highest BCUT2D eigenvalue weighted by Gasteiger charge is 1.96. The lowest BCUT2D eigenvalue weighted by Crippen LogP contribution is -2.39. The molecule has 0 radical (unpaired) electrons. The van der Waals surface area contributed by atoms with Crippen LogP contribution in [0.25, 0.3) is 0 Å². The molecule has 0 saturated carbocycles.